The van der Waals surface area contributed by atoms with E-state index in [1.807, 2.05) is 13.0 Å². The lowest BCUT2D eigenvalue weighted by atomic mass is 10.2. The average molecular weight is 286 g/mol. The molecule has 0 saturated carbocycles. The number of aromatic nitrogens is 1. The smallest absolute Gasteiger partial charge is 0.349 e. The zero-order valence-electron chi connectivity index (χ0n) is 10.5. The van der Waals surface area contributed by atoms with Crippen LogP contribution >= 0.6 is 11.3 Å². The van der Waals surface area contributed by atoms with E-state index in [9.17, 15) is 9.59 Å². The maximum atomic E-state index is 12.1. The van der Waals surface area contributed by atoms with Crippen LogP contribution in [0.1, 0.15) is 15.2 Å². The number of nitrogens with one attached hydrogen (secondary N) is 1. The van der Waals surface area contributed by atoms with Gasteiger partial charge in [0.1, 0.15) is 11.1 Å². The fourth-order valence-corrected chi connectivity index (χ4v) is 2.46. The number of benzene rings is 1. The molecule has 5 nitrogen and oxygen atoms in total. The van der Waals surface area contributed by atoms with Crippen molar-refractivity contribution in [2.24, 2.45) is 0 Å². The molecule has 6 heteroatoms. The second-order valence-corrected chi connectivity index (χ2v) is 5.45. The zero-order chi connectivity index (χ0) is 14.1. The van der Waals surface area contributed by atoms with Crippen LogP contribution < -0.4 is 10.9 Å². The number of carbonyl (C=O) groups is 1. The van der Waals surface area contributed by atoms with Gasteiger partial charge in [-0.3, -0.25) is 10.1 Å². The van der Waals surface area contributed by atoms with Crippen LogP contribution in [-0.4, -0.2) is 10.9 Å². The van der Waals surface area contributed by atoms with E-state index in [1.54, 1.807) is 24.4 Å². The van der Waals surface area contributed by atoms with E-state index >= 15 is 0 Å². The molecule has 3 rings (SSSR count). The van der Waals surface area contributed by atoms with Crippen LogP contribution in [0, 0.1) is 6.92 Å². The molecule has 0 saturated heterocycles. The Morgan fingerprint density at radius 1 is 1.35 bits per heavy atom. The molecule has 0 atom stereocenters. The number of thiazole rings is 1. The molecular formula is C14H10N2O3S. The predicted molar refractivity (Wildman–Crippen MR) is 77.3 cm³/mol. The standard InChI is InChI=1S/C14H10N2O3S/c1-8-7-15-14(20-8)16-12(17)10-6-9-4-2-3-5-11(9)19-13(10)18/h2-7H,1H3,(H,15,16,17). The lowest BCUT2D eigenvalue weighted by Crippen LogP contribution is -2.20. The first kappa shape index (κ1) is 12.6. The van der Waals surface area contributed by atoms with Crippen LogP contribution in [0.15, 0.2) is 45.7 Å². The van der Waals surface area contributed by atoms with Crippen molar-refractivity contribution in [3.63, 3.8) is 0 Å². The van der Waals surface area contributed by atoms with Gasteiger partial charge in [-0.1, -0.05) is 18.2 Å². The van der Waals surface area contributed by atoms with Gasteiger partial charge >= 0.3 is 5.63 Å². The summed E-state index contributed by atoms with van der Waals surface area (Å²) in [4.78, 5) is 28.9. The Morgan fingerprint density at radius 3 is 2.90 bits per heavy atom. The van der Waals surface area contributed by atoms with Crippen LogP contribution in [0.3, 0.4) is 0 Å². The number of anilines is 1. The number of amides is 1. The van der Waals surface area contributed by atoms with Crippen LogP contribution in [0.25, 0.3) is 11.0 Å². The molecule has 2 heterocycles. The summed E-state index contributed by atoms with van der Waals surface area (Å²) in [6, 6.07) is 8.57. The van der Waals surface area contributed by atoms with Gasteiger partial charge in [-0.05, 0) is 19.1 Å². The number of carbonyl (C=O) groups excluding carboxylic acids is 1. The van der Waals surface area contributed by atoms with Crippen LogP contribution in [0.4, 0.5) is 5.13 Å². The molecule has 20 heavy (non-hydrogen) atoms. The number of rotatable bonds is 2. The summed E-state index contributed by atoms with van der Waals surface area (Å²) < 4.78 is 5.12. The van der Waals surface area contributed by atoms with Gasteiger partial charge in [0.25, 0.3) is 5.91 Å². The molecule has 1 amide bonds. The normalized spacial score (nSPS) is 10.7. The quantitative estimate of drug-likeness (QED) is 0.735. The highest BCUT2D eigenvalue weighted by molar-refractivity contribution is 7.15. The van der Waals surface area contributed by atoms with Gasteiger partial charge in [-0.15, -0.1) is 11.3 Å². The molecule has 100 valence electrons. The van der Waals surface area contributed by atoms with Crippen molar-refractivity contribution in [3.8, 4) is 0 Å². The van der Waals surface area contributed by atoms with Crippen LogP contribution in [0.5, 0.6) is 0 Å². The summed E-state index contributed by atoms with van der Waals surface area (Å²) in [5.41, 5.74) is -0.231. The minimum atomic E-state index is -0.658. The SMILES string of the molecule is Cc1cnc(NC(=O)c2cc3ccccc3oc2=O)s1. The molecule has 0 aliphatic heterocycles. The van der Waals surface area contributed by atoms with Gasteiger partial charge in [-0.2, -0.15) is 0 Å². The second-order valence-electron chi connectivity index (χ2n) is 4.22. The first-order valence-corrected chi connectivity index (χ1v) is 6.72. The lowest BCUT2D eigenvalue weighted by Gasteiger charge is -2.02. The van der Waals surface area contributed by atoms with Crippen molar-refractivity contribution in [1.29, 1.82) is 0 Å². The van der Waals surface area contributed by atoms with Crippen molar-refractivity contribution < 1.29 is 9.21 Å². The minimum absolute atomic E-state index is 0.0310. The molecule has 0 spiro atoms. The van der Waals surface area contributed by atoms with E-state index < -0.39 is 11.5 Å². The van der Waals surface area contributed by atoms with Crippen molar-refractivity contribution in [2.75, 3.05) is 5.32 Å². The monoisotopic (exact) mass is 286 g/mol. The van der Waals surface area contributed by atoms with Crippen molar-refractivity contribution in [3.05, 3.63) is 57.4 Å². The first-order chi connectivity index (χ1) is 9.63. The number of fused-ring (bicyclic) bond motifs is 1. The number of hydrogen-bond donors (Lipinski definition) is 1. The van der Waals surface area contributed by atoms with Gasteiger partial charge < -0.3 is 4.42 Å². The maximum absolute atomic E-state index is 12.1. The molecule has 0 fully saturated rings. The third-order valence-electron chi connectivity index (χ3n) is 2.73. The fraction of sp³-hybridized carbons (Fsp3) is 0.0714. The first-order valence-electron chi connectivity index (χ1n) is 5.90. The Labute approximate surface area is 117 Å². The lowest BCUT2D eigenvalue weighted by molar-refractivity contribution is 0.102. The Hall–Kier alpha value is -2.47. The number of aryl methyl sites for hydroxylation is 1. The van der Waals surface area contributed by atoms with E-state index in [0.717, 1.165) is 4.88 Å². The Bertz CT molecular complexity index is 851. The molecule has 2 aromatic heterocycles. The molecule has 0 aliphatic rings. The molecule has 1 N–H and O–H groups in total. The number of para-hydroxylation sites is 1. The van der Waals surface area contributed by atoms with Crippen molar-refractivity contribution in [2.45, 2.75) is 6.92 Å². The van der Waals surface area contributed by atoms with Gasteiger partial charge in [-0.25, -0.2) is 9.78 Å². The highest BCUT2D eigenvalue weighted by Crippen LogP contribution is 2.18. The minimum Gasteiger partial charge on any atom is -0.422 e. The average Bonchev–Trinajstić information content (AvgIpc) is 2.83. The highest BCUT2D eigenvalue weighted by atomic mass is 32.1. The largest absolute Gasteiger partial charge is 0.422 e. The maximum Gasteiger partial charge on any atom is 0.349 e. The summed E-state index contributed by atoms with van der Waals surface area (Å²) in [5.74, 6) is -0.515. The summed E-state index contributed by atoms with van der Waals surface area (Å²) >= 11 is 1.34. The van der Waals surface area contributed by atoms with Gasteiger partial charge in [0.05, 0.1) is 0 Å². The van der Waals surface area contributed by atoms with E-state index in [-0.39, 0.29) is 5.56 Å². The Kier molecular flexibility index (Phi) is 3.08. The predicted octanol–water partition coefficient (Wildman–Crippen LogP) is 2.81. The van der Waals surface area contributed by atoms with Gasteiger partial charge in [0, 0.05) is 16.5 Å². The third kappa shape index (κ3) is 2.33. The van der Waals surface area contributed by atoms with Gasteiger partial charge in [0.2, 0.25) is 0 Å². The summed E-state index contributed by atoms with van der Waals surface area (Å²) in [6.07, 6.45) is 1.66. The number of nitrogens with zero attached hydrogens (tertiary/aromatic N) is 1. The highest BCUT2D eigenvalue weighted by Gasteiger charge is 2.14. The van der Waals surface area contributed by atoms with Gasteiger partial charge in [0.15, 0.2) is 5.13 Å². The number of hydrogen-bond acceptors (Lipinski definition) is 5. The van der Waals surface area contributed by atoms with Crippen LogP contribution in [0.2, 0.25) is 0 Å². The summed E-state index contributed by atoms with van der Waals surface area (Å²) in [7, 11) is 0. The van der Waals surface area contributed by atoms with E-state index in [4.69, 9.17) is 4.42 Å². The molecule has 0 unspecified atom stereocenters. The van der Waals surface area contributed by atoms with Crippen molar-refractivity contribution >= 4 is 33.3 Å². The van der Waals surface area contributed by atoms with E-state index in [2.05, 4.69) is 10.3 Å². The fourth-order valence-electron chi connectivity index (χ4n) is 1.80. The molecule has 3 aromatic rings. The summed E-state index contributed by atoms with van der Waals surface area (Å²) in [6.45, 7) is 1.89. The van der Waals surface area contributed by atoms with Crippen molar-refractivity contribution in [1.82, 2.24) is 4.98 Å². The topological polar surface area (TPSA) is 72.2 Å². The molecule has 0 aliphatic carbocycles. The molecule has 0 radical (unpaired) electrons. The Morgan fingerprint density at radius 2 is 2.15 bits per heavy atom. The van der Waals surface area contributed by atoms with Crippen LogP contribution in [-0.2, 0) is 0 Å². The van der Waals surface area contributed by atoms with E-state index in [0.29, 0.717) is 16.1 Å². The molecule has 1 aromatic carbocycles. The zero-order valence-corrected chi connectivity index (χ0v) is 11.4. The third-order valence-corrected chi connectivity index (χ3v) is 3.56. The molecule has 0 bridgehead atoms. The molecular weight excluding hydrogens is 276 g/mol. The second kappa shape index (κ2) is 4.90. The Balaban J connectivity index is 1.98. The van der Waals surface area contributed by atoms with E-state index in [1.165, 1.54) is 17.4 Å². The summed E-state index contributed by atoms with van der Waals surface area (Å²) in [5, 5.41) is 3.75.